The van der Waals surface area contributed by atoms with Crippen LogP contribution < -0.4 is 15.1 Å². The van der Waals surface area contributed by atoms with E-state index < -0.39 is 0 Å². The number of non-ortho nitro benzene ring substituents is 1. The van der Waals surface area contributed by atoms with Gasteiger partial charge in [0.2, 0.25) is 0 Å². The van der Waals surface area contributed by atoms with Gasteiger partial charge in [0.05, 0.1) is 33.1 Å². The third kappa shape index (κ3) is 4.91. The van der Waals surface area contributed by atoms with E-state index in [1.807, 2.05) is 53.2 Å². The number of hydrogen-bond donors (Lipinski definition) is 1. The quantitative estimate of drug-likeness (QED) is 0.154. The first kappa shape index (κ1) is 26.3. The van der Waals surface area contributed by atoms with Crippen LogP contribution in [-0.2, 0) is 0 Å². The number of hydrogen-bond acceptors (Lipinski definition) is 5. The summed E-state index contributed by atoms with van der Waals surface area (Å²) in [4.78, 5) is 20.2. The molecule has 2 aromatic carbocycles. The van der Waals surface area contributed by atoms with Crippen LogP contribution in [0.1, 0.15) is 43.2 Å². The zero-order valence-corrected chi connectivity index (χ0v) is 23.6. The average Bonchev–Trinajstić information content (AvgIpc) is 3.58. The molecule has 1 N–H and O–H groups in total. The molecule has 6 rings (SSSR count). The third-order valence-electron chi connectivity index (χ3n) is 7.83. The molecule has 204 valence electrons. The molecule has 0 bridgehead atoms. The van der Waals surface area contributed by atoms with Crippen LogP contribution in [-0.4, -0.2) is 32.7 Å². The van der Waals surface area contributed by atoms with Crippen molar-refractivity contribution in [3.05, 3.63) is 112 Å². The summed E-state index contributed by atoms with van der Waals surface area (Å²) in [5.41, 5.74) is 4.38. The highest BCUT2D eigenvalue weighted by atomic mass is 35.5. The fourth-order valence-corrected chi connectivity index (χ4v) is 6.35. The van der Waals surface area contributed by atoms with Crippen molar-refractivity contribution in [3.8, 4) is 5.69 Å². The molecule has 2 fully saturated rings. The van der Waals surface area contributed by atoms with E-state index in [4.69, 9.17) is 23.8 Å². The Kier molecular flexibility index (Phi) is 7.16. The summed E-state index contributed by atoms with van der Waals surface area (Å²) in [6.45, 7) is 4.28. The SMILES string of the molecule is CC1CCN(c2ccc(N3C(=S)N[C@@H](c4ccccn4)[C@H]3c3cccn3-c3cccc([N+](=O)[O-])c3)cc2Cl)CC1. The van der Waals surface area contributed by atoms with E-state index in [9.17, 15) is 10.1 Å². The number of nitrogens with one attached hydrogen (secondary N) is 1. The number of aromatic nitrogens is 2. The normalized spacial score (nSPS) is 19.6. The second-order valence-corrected chi connectivity index (χ2v) is 11.2. The monoisotopic (exact) mass is 572 g/mol. The molecule has 0 unspecified atom stereocenters. The van der Waals surface area contributed by atoms with Gasteiger partial charge < -0.3 is 19.7 Å². The van der Waals surface area contributed by atoms with Crippen LogP contribution in [0.25, 0.3) is 5.69 Å². The van der Waals surface area contributed by atoms with Gasteiger partial charge in [-0.3, -0.25) is 15.1 Å². The van der Waals surface area contributed by atoms with Crippen LogP contribution in [0, 0.1) is 16.0 Å². The summed E-state index contributed by atoms with van der Waals surface area (Å²) < 4.78 is 1.97. The average molecular weight is 573 g/mol. The summed E-state index contributed by atoms with van der Waals surface area (Å²) in [5, 5.41) is 16.2. The first-order valence-electron chi connectivity index (χ1n) is 13.4. The number of piperidine rings is 1. The number of halogens is 1. The molecule has 10 heteroatoms. The topological polar surface area (TPSA) is 79.5 Å². The molecule has 0 radical (unpaired) electrons. The second-order valence-electron chi connectivity index (χ2n) is 10.4. The smallest absolute Gasteiger partial charge is 0.271 e. The standard InChI is InChI=1S/C30H29ClN6O2S/c1-20-12-16-34(17-13-20)26-11-10-22(19-24(26)31)36-29(28(33-30(36)40)25-8-2-3-14-32-25)27-9-5-15-35(27)21-6-4-7-23(18-21)37(38)39/h2-11,14-15,18-20,28-29H,12-13,16-17H2,1H3,(H,33,40)/t28-,29+/m0/s1. The third-order valence-corrected chi connectivity index (χ3v) is 8.45. The van der Waals surface area contributed by atoms with Crippen LogP contribution in [0.3, 0.4) is 0 Å². The van der Waals surface area contributed by atoms with Crippen molar-refractivity contribution in [1.29, 1.82) is 0 Å². The summed E-state index contributed by atoms with van der Waals surface area (Å²) in [6, 6.07) is 22.0. The van der Waals surface area contributed by atoms with E-state index in [2.05, 4.69) is 39.2 Å². The first-order valence-corrected chi connectivity index (χ1v) is 14.2. The number of pyridine rings is 1. The summed E-state index contributed by atoms with van der Waals surface area (Å²) in [6.07, 6.45) is 5.99. The molecule has 2 aliphatic rings. The predicted molar refractivity (Wildman–Crippen MR) is 162 cm³/mol. The largest absolute Gasteiger partial charge is 0.370 e. The van der Waals surface area contributed by atoms with Gasteiger partial charge >= 0.3 is 0 Å². The Balaban J connectivity index is 1.43. The van der Waals surface area contributed by atoms with Crippen molar-refractivity contribution < 1.29 is 4.92 Å². The number of nitrogens with zero attached hydrogens (tertiary/aromatic N) is 5. The lowest BCUT2D eigenvalue weighted by Crippen LogP contribution is -2.33. The molecule has 4 aromatic rings. The van der Waals surface area contributed by atoms with Crippen LogP contribution >= 0.6 is 23.8 Å². The molecule has 0 amide bonds. The number of nitro groups is 1. The number of rotatable bonds is 6. The van der Waals surface area contributed by atoms with Crippen molar-refractivity contribution in [2.24, 2.45) is 5.92 Å². The Bertz CT molecular complexity index is 1550. The van der Waals surface area contributed by atoms with Gasteiger partial charge in [-0.1, -0.05) is 30.7 Å². The van der Waals surface area contributed by atoms with E-state index in [0.29, 0.717) is 15.8 Å². The van der Waals surface area contributed by atoms with Crippen molar-refractivity contribution in [3.63, 3.8) is 0 Å². The molecule has 2 aromatic heterocycles. The highest BCUT2D eigenvalue weighted by Crippen LogP contribution is 2.44. The highest BCUT2D eigenvalue weighted by molar-refractivity contribution is 7.80. The summed E-state index contributed by atoms with van der Waals surface area (Å²) in [7, 11) is 0. The fourth-order valence-electron chi connectivity index (χ4n) is 5.71. The minimum absolute atomic E-state index is 0.0322. The van der Waals surface area contributed by atoms with E-state index in [1.165, 1.54) is 6.07 Å². The van der Waals surface area contributed by atoms with Crippen molar-refractivity contribution in [2.45, 2.75) is 31.8 Å². The van der Waals surface area contributed by atoms with Gasteiger partial charge in [-0.05, 0) is 79.5 Å². The number of nitro benzene ring substituents is 1. The molecule has 40 heavy (non-hydrogen) atoms. The lowest BCUT2D eigenvalue weighted by atomic mass is 9.98. The van der Waals surface area contributed by atoms with Crippen LogP contribution in [0.15, 0.2) is 85.2 Å². The lowest BCUT2D eigenvalue weighted by molar-refractivity contribution is -0.384. The summed E-state index contributed by atoms with van der Waals surface area (Å²) >= 11 is 12.8. The summed E-state index contributed by atoms with van der Waals surface area (Å²) in [5.74, 6) is 0.730. The van der Waals surface area contributed by atoms with Crippen molar-refractivity contribution >= 4 is 46.0 Å². The second kappa shape index (κ2) is 10.9. The molecule has 0 saturated carbocycles. The van der Waals surface area contributed by atoms with Crippen LogP contribution in [0.4, 0.5) is 17.1 Å². The predicted octanol–water partition coefficient (Wildman–Crippen LogP) is 6.85. The van der Waals surface area contributed by atoms with Crippen LogP contribution in [0.2, 0.25) is 5.02 Å². The Morgan fingerprint density at radius 1 is 1.02 bits per heavy atom. The Morgan fingerprint density at radius 3 is 2.58 bits per heavy atom. The minimum Gasteiger partial charge on any atom is -0.370 e. The number of anilines is 2. The number of thiocarbonyl (C=S) groups is 1. The van der Waals surface area contributed by atoms with Gasteiger partial charge in [-0.15, -0.1) is 0 Å². The van der Waals surface area contributed by atoms with E-state index in [0.717, 1.165) is 54.6 Å². The van der Waals surface area contributed by atoms with Gasteiger partial charge in [0.15, 0.2) is 5.11 Å². The van der Waals surface area contributed by atoms with Crippen molar-refractivity contribution in [2.75, 3.05) is 22.9 Å². The molecule has 0 spiro atoms. The molecular weight excluding hydrogens is 544 g/mol. The molecule has 2 saturated heterocycles. The molecule has 0 aliphatic carbocycles. The zero-order chi connectivity index (χ0) is 27.8. The van der Waals surface area contributed by atoms with E-state index in [1.54, 1.807) is 18.3 Å². The van der Waals surface area contributed by atoms with Gasteiger partial charge in [0.1, 0.15) is 6.04 Å². The molecule has 4 heterocycles. The van der Waals surface area contributed by atoms with E-state index >= 15 is 0 Å². The maximum absolute atomic E-state index is 11.5. The Morgan fingerprint density at radius 2 is 1.85 bits per heavy atom. The Labute approximate surface area is 243 Å². The Hall–Kier alpha value is -3.95. The maximum Gasteiger partial charge on any atom is 0.271 e. The first-order chi connectivity index (χ1) is 19.4. The molecule has 8 nitrogen and oxygen atoms in total. The molecule has 2 atom stereocenters. The minimum atomic E-state index is -0.380. The fraction of sp³-hybridized carbons (Fsp3) is 0.267. The maximum atomic E-state index is 11.5. The van der Waals surface area contributed by atoms with Gasteiger partial charge in [-0.2, -0.15) is 0 Å². The van der Waals surface area contributed by atoms with Gasteiger partial charge in [0.25, 0.3) is 5.69 Å². The van der Waals surface area contributed by atoms with Crippen molar-refractivity contribution in [1.82, 2.24) is 14.9 Å². The highest BCUT2D eigenvalue weighted by Gasteiger charge is 2.42. The molecule has 2 aliphatic heterocycles. The lowest BCUT2D eigenvalue weighted by Gasteiger charge is -2.33. The molecular formula is C30H29ClN6O2S. The zero-order valence-electron chi connectivity index (χ0n) is 22.0. The van der Waals surface area contributed by atoms with Crippen LogP contribution in [0.5, 0.6) is 0 Å². The van der Waals surface area contributed by atoms with Gasteiger partial charge in [0, 0.05) is 49.0 Å². The number of benzene rings is 2. The van der Waals surface area contributed by atoms with Gasteiger partial charge in [-0.25, -0.2) is 0 Å². The van der Waals surface area contributed by atoms with E-state index in [-0.39, 0.29) is 22.7 Å².